The molecule has 0 aromatic rings. The second-order valence-corrected chi connectivity index (χ2v) is 20.7. The Balaban J connectivity index is 3.48. The number of nitrogens with one attached hydrogen (secondary N) is 7. The molecule has 1 saturated heterocycles. The Morgan fingerprint density at radius 2 is 0.948 bits per heavy atom. The number of amides is 9. The van der Waals surface area contributed by atoms with Gasteiger partial charge in [-0.2, -0.15) is 11.8 Å². The van der Waals surface area contributed by atoms with Crippen molar-refractivity contribution in [2.24, 2.45) is 29.0 Å². The highest BCUT2D eigenvalue weighted by Crippen LogP contribution is 2.21. The van der Waals surface area contributed by atoms with Crippen molar-refractivity contribution in [3.63, 3.8) is 0 Å². The molecule has 1 rings (SSSR count). The number of carbonyl (C=O) groups excluding carboxylic acids is 9. The molecule has 0 bridgehead atoms. The van der Waals surface area contributed by atoms with Gasteiger partial charge in [0.2, 0.25) is 53.2 Å². The van der Waals surface area contributed by atoms with E-state index in [0.29, 0.717) is 12.2 Å². The van der Waals surface area contributed by atoms with E-state index in [1.807, 2.05) is 0 Å². The molecule has 0 saturated carbocycles. The van der Waals surface area contributed by atoms with Crippen LogP contribution in [0.25, 0.3) is 0 Å². The van der Waals surface area contributed by atoms with E-state index < -0.39 is 170 Å². The van der Waals surface area contributed by atoms with Gasteiger partial charge in [0.15, 0.2) is 0 Å². The number of nitrogens with two attached hydrogens (primary N) is 3. The Morgan fingerprint density at radius 1 is 0.532 bits per heavy atom. The average Bonchev–Trinajstić information content (AvgIpc) is 3.84. The summed E-state index contributed by atoms with van der Waals surface area (Å²) in [6.45, 7) is 7.28. The summed E-state index contributed by atoms with van der Waals surface area (Å²) in [4.78, 5) is 169. The van der Waals surface area contributed by atoms with Gasteiger partial charge in [-0.15, -0.1) is 0 Å². The largest absolute Gasteiger partial charge is 0.481 e. The van der Waals surface area contributed by atoms with E-state index in [9.17, 15) is 72.5 Å². The predicted octanol–water partition coefficient (Wildman–Crippen LogP) is -2.38. The Bertz CT molecular complexity index is 2060. The fraction of sp³-hybridized carbons (Fsp3) is 0.729. The van der Waals surface area contributed by atoms with Crippen LogP contribution in [0, 0.1) is 11.8 Å². The van der Waals surface area contributed by atoms with Crippen LogP contribution in [0.1, 0.15) is 130 Å². The molecular formula is C48H81N11O17S. The van der Waals surface area contributed by atoms with Gasteiger partial charge in [0, 0.05) is 32.2 Å². The van der Waals surface area contributed by atoms with Crippen molar-refractivity contribution < 1.29 is 82.8 Å². The van der Waals surface area contributed by atoms with Gasteiger partial charge in [0.1, 0.15) is 48.3 Å². The second kappa shape index (κ2) is 35.7. The quantitative estimate of drug-likeness (QED) is 0.0286. The maximum atomic E-state index is 14.4. The standard InChI is InChI=1S/C48H81N11O17S/c1-25(2)23-33(44(71)54-30(19-22-77-5)43(70)56-32(48(75)76)14-18-39(65)66)57-45(72)34(24-26(3)4)58-46(73)35-10-8-21-59(35)47(74)31(12-15-36(51)60)55-41(68)28(9-6-7-20-49)53-42(69)29(13-17-38(63)64)52-40(67)27(50)11-16-37(61)62/h25-35H,6-24,49-50H2,1-5H3,(H2,51,60)(H,52,67)(H,53,69)(H,54,71)(H,55,68)(H,56,70)(H,57,72)(H,58,73)(H,61,62)(H,63,64)(H,65,66)(H,75,76)/t27-,28-,29-,30-,31-,32-,33-,34-,35-/m0/s1. The van der Waals surface area contributed by atoms with Crippen LogP contribution >= 0.6 is 11.8 Å². The van der Waals surface area contributed by atoms with Gasteiger partial charge in [-0.1, -0.05) is 27.7 Å². The summed E-state index contributed by atoms with van der Waals surface area (Å²) in [6, 6.07) is -12.5. The molecule has 1 aliphatic heterocycles. The van der Waals surface area contributed by atoms with Crippen LogP contribution in [0.15, 0.2) is 0 Å². The molecule has 436 valence electrons. The molecular weight excluding hydrogens is 1030 g/mol. The molecule has 0 aromatic carbocycles. The maximum Gasteiger partial charge on any atom is 0.326 e. The molecule has 0 radical (unpaired) electrons. The first-order chi connectivity index (χ1) is 36.1. The molecule has 0 spiro atoms. The highest BCUT2D eigenvalue weighted by atomic mass is 32.2. The predicted molar refractivity (Wildman–Crippen MR) is 278 cm³/mol. The Labute approximate surface area is 451 Å². The summed E-state index contributed by atoms with van der Waals surface area (Å²) >= 11 is 1.34. The first-order valence-corrected chi connectivity index (χ1v) is 27.1. The van der Waals surface area contributed by atoms with Crippen molar-refractivity contribution >= 4 is 88.8 Å². The lowest BCUT2D eigenvalue weighted by Crippen LogP contribution is -2.60. The van der Waals surface area contributed by atoms with Gasteiger partial charge in [-0.3, -0.25) is 57.5 Å². The van der Waals surface area contributed by atoms with Gasteiger partial charge in [-0.25, -0.2) is 4.79 Å². The highest BCUT2D eigenvalue weighted by Gasteiger charge is 2.41. The molecule has 1 aliphatic rings. The SMILES string of the molecule is CSCC[C@H](NC(=O)[C@H](CC(C)C)NC(=O)[C@H](CC(C)C)NC(=O)[C@@H]1CCCN1C(=O)[C@H](CCC(N)=O)NC(=O)[C@H](CCCCN)NC(=O)[C@H](CCC(=O)O)NC(=O)[C@@H](N)CCC(=O)O)C(=O)N[C@@H](CCC(=O)O)C(=O)O. The van der Waals surface area contributed by atoms with E-state index in [1.165, 1.54) is 16.7 Å². The fourth-order valence-electron chi connectivity index (χ4n) is 8.10. The van der Waals surface area contributed by atoms with Crippen molar-refractivity contribution in [3.8, 4) is 0 Å². The van der Waals surface area contributed by atoms with Gasteiger partial charge < -0.3 is 79.7 Å². The number of unbranched alkanes of at least 4 members (excludes halogenated alkanes) is 1. The molecule has 28 nitrogen and oxygen atoms in total. The van der Waals surface area contributed by atoms with Crippen LogP contribution in [0.5, 0.6) is 0 Å². The van der Waals surface area contributed by atoms with Crippen molar-refractivity contribution in [1.82, 2.24) is 42.1 Å². The zero-order valence-electron chi connectivity index (χ0n) is 44.5. The first-order valence-electron chi connectivity index (χ1n) is 25.7. The van der Waals surface area contributed by atoms with Gasteiger partial charge >= 0.3 is 23.9 Å². The lowest BCUT2D eigenvalue weighted by atomic mass is 9.99. The van der Waals surface area contributed by atoms with Crippen LogP contribution in [0.3, 0.4) is 0 Å². The number of primary amides is 1. The third kappa shape index (κ3) is 26.8. The number of aliphatic carboxylic acids is 4. The number of likely N-dealkylation sites (tertiary alicyclic amines) is 1. The fourth-order valence-corrected chi connectivity index (χ4v) is 8.57. The van der Waals surface area contributed by atoms with E-state index in [1.54, 1.807) is 34.0 Å². The zero-order valence-corrected chi connectivity index (χ0v) is 45.3. The Morgan fingerprint density at radius 3 is 1.43 bits per heavy atom. The summed E-state index contributed by atoms with van der Waals surface area (Å²) in [5.74, 6) is -13.2. The van der Waals surface area contributed by atoms with Crippen molar-refractivity contribution in [2.45, 2.75) is 185 Å². The average molecular weight is 1120 g/mol. The van der Waals surface area contributed by atoms with E-state index in [-0.39, 0.29) is 82.7 Å². The molecule has 0 aliphatic carbocycles. The molecule has 0 unspecified atom stereocenters. The van der Waals surface area contributed by atoms with Crippen LogP contribution in [0.4, 0.5) is 0 Å². The Kier molecular flexibility index (Phi) is 31.7. The lowest BCUT2D eigenvalue weighted by molar-refractivity contribution is -0.144. The number of thioether (sulfide) groups is 1. The minimum Gasteiger partial charge on any atom is -0.481 e. The van der Waals surface area contributed by atoms with E-state index in [2.05, 4.69) is 37.2 Å². The summed E-state index contributed by atoms with van der Waals surface area (Å²) in [7, 11) is 0. The number of rotatable bonds is 39. The zero-order chi connectivity index (χ0) is 58.5. The number of hydrogen-bond donors (Lipinski definition) is 14. The topological polar surface area (TPSA) is 468 Å². The molecule has 1 fully saturated rings. The van der Waals surface area contributed by atoms with Crippen molar-refractivity contribution in [2.75, 3.05) is 25.1 Å². The van der Waals surface area contributed by atoms with Crippen molar-refractivity contribution in [3.05, 3.63) is 0 Å². The molecule has 77 heavy (non-hydrogen) atoms. The number of carboxylic acid groups (broad SMARTS) is 4. The second-order valence-electron chi connectivity index (χ2n) is 19.7. The van der Waals surface area contributed by atoms with Gasteiger partial charge in [0.05, 0.1) is 6.04 Å². The van der Waals surface area contributed by atoms with Crippen LogP contribution in [0.2, 0.25) is 0 Å². The molecule has 0 aromatic heterocycles. The van der Waals surface area contributed by atoms with Crippen molar-refractivity contribution in [1.29, 1.82) is 0 Å². The van der Waals surface area contributed by atoms with Crippen LogP contribution in [-0.4, -0.2) is 182 Å². The minimum absolute atomic E-state index is 0.00812. The molecule has 1 heterocycles. The minimum atomic E-state index is -1.57. The summed E-state index contributed by atoms with van der Waals surface area (Å²) in [6.07, 6.45) is -0.773. The summed E-state index contributed by atoms with van der Waals surface area (Å²) < 4.78 is 0. The number of carbonyl (C=O) groups is 13. The highest BCUT2D eigenvalue weighted by molar-refractivity contribution is 7.98. The van der Waals surface area contributed by atoms with E-state index >= 15 is 0 Å². The normalized spacial score (nSPS) is 16.3. The molecule has 29 heteroatoms. The maximum absolute atomic E-state index is 14.4. The van der Waals surface area contributed by atoms with Gasteiger partial charge in [0.25, 0.3) is 0 Å². The molecule has 9 amide bonds. The Hall–Kier alpha value is -6.62. The van der Waals surface area contributed by atoms with Crippen LogP contribution < -0.4 is 54.4 Å². The summed E-state index contributed by atoms with van der Waals surface area (Å²) in [5, 5.41) is 54.7. The molecule has 17 N–H and O–H groups in total. The first kappa shape index (κ1) is 68.4. The monoisotopic (exact) mass is 1120 g/mol. The third-order valence-corrected chi connectivity index (χ3v) is 12.8. The number of nitrogens with zero attached hydrogens (tertiary/aromatic N) is 1. The molecule has 9 atom stereocenters. The van der Waals surface area contributed by atoms with Crippen LogP contribution in [-0.2, 0) is 62.3 Å². The van der Waals surface area contributed by atoms with Gasteiger partial charge in [-0.05, 0) is 107 Å². The smallest absolute Gasteiger partial charge is 0.326 e. The lowest BCUT2D eigenvalue weighted by Gasteiger charge is -2.31. The third-order valence-electron chi connectivity index (χ3n) is 12.2. The summed E-state index contributed by atoms with van der Waals surface area (Å²) in [5.41, 5.74) is 16.9. The van der Waals surface area contributed by atoms with E-state index in [0.717, 1.165) is 0 Å². The van der Waals surface area contributed by atoms with E-state index in [4.69, 9.17) is 27.4 Å². The number of hydrogen-bond acceptors (Lipinski definition) is 16. The number of carboxylic acids is 4.